The maximum atomic E-state index is 13.3. The lowest BCUT2D eigenvalue weighted by Gasteiger charge is -2.03. The van der Waals surface area contributed by atoms with Gasteiger partial charge in [0.2, 0.25) is 5.78 Å². The molecule has 0 radical (unpaired) electrons. The van der Waals surface area contributed by atoms with Gasteiger partial charge >= 0.3 is 0 Å². The summed E-state index contributed by atoms with van der Waals surface area (Å²) in [6, 6.07) is 32.8. The minimum Gasteiger partial charge on any atom is -0.453 e. The van der Waals surface area contributed by atoms with Gasteiger partial charge in [0.25, 0.3) is 0 Å². The van der Waals surface area contributed by atoms with Crippen LogP contribution in [0.25, 0.3) is 39.3 Å². The van der Waals surface area contributed by atoms with Crippen molar-refractivity contribution in [2.45, 2.75) is 0 Å². The Morgan fingerprint density at radius 2 is 1.48 bits per heavy atom. The SMILES string of the molecule is O=C(c1cc(-c2ccccc2)n(-c2cc(-c3ccccc3)[nH]n2)n1)c1cc2ccccc2o1. The summed E-state index contributed by atoms with van der Waals surface area (Å²) in [5.74, 6) is 0.574. The van der Waals surface area contributed by atoms with E-state index in [1.165, 1.54) is 0 Å². The summed E-state index contributed by atoms with van der Waals surface area (Å²) in [6.45, 7) is 0. The van der Waals surface area contributed by atoms with E-state index in [9.17, 15) is 4.79 Å². The largest absolute Gasteiger partial charge is 0.453 e. The number of aromatic nitrogens is 4. The smallest absolute Gasteiger partial charge is 0.248 e. The molecule has 3 heterocycles. The summed E-state index contributed by atoms with van der Waals surface area (Å²) < 4.78 is 7.47. The summed E-state index contributed by atoms with van der Waals surface area (Å²) in [5, 5.41) is 13.1. The van der Waals surface area contributed by atoms with Gasteiger partial charge in [0.05, 0.1) is 11.4 Å². The van der Waals surface area contributed by atoms with Gasteiger partial charge in [-0.05, 0) is 23.8 Å². The molecule has 6 rings (SSSR count). The highest BCUT2D eigenvalue weighted by molar-refractivity contribution is 6.08. The summed E-state index contributed by atoms with van der Waals surface area (Å²) in [7, 11) is 0. The normalized spacial score (nSPS) is 11.2. The molecule has 6 aromatic rings. The van der Waals surface area contributed by atoms with Crippen molar-refractivity contribution in [1.29, 1.82) is 0 Å². The average molecular weight is 430 g/mol. The van der Waals surface area contributed by atoms with Crippen molar-refractivity contribution >= 4 is 16.8 Å². The van der Waals surface area contributed by atoms with Gasteiger partial charge in [0.15, 0.2) is 11.6 Å². The lowest BCUT2D eigenvalue weighted by molar-refractivity contribution is 0.101. The van der Waals surface area contributed by atoms with Crippen LogP contribution >= 0.6 is 0 Å². The van der Waals surface area contributed by atoms with Crippen LogP contribution in [0.15, 0.2) is 108 Å². The predicted molar refractivity (Wildman–Crippen MR) is 126 cm³/mol. The standard InChI is InChI=1S/C27H18N4O2/c32-27(25-15-20-13-7-8-14-24(20)33-25)22-16-23(19-11-5-2-6-12-19)31(30-22)26-17-21(28-29-26)18-9-3-1-4-10-18/h1-17H,(H,28,29). The molecule has 0 aliphatic rings. The molecule has 0 fully saturated rings. The van der Waals surface area contributed by atoms with Crippen LogP contribution < -0.4 is 0 Å². The number of hydrogen-bond donors (Lipinski definition) is 1. The fourth-order valence-corrected chi connectivity index (χ4v) is 3.89. The number of H-pyrrole nitrogens is 1. The van der Waals surface area contributed by atoms with Crippen LogP contribution in [-0.2, 0) is 0 Å². The Balaban J connectivity index is 1.45. The van der Waals surface area contributed by atoms with Gasteiger partial charge in [-0.25, -0.2) is 4.68 Å². The van der Waals surface area contributed by atoms with Crippen molar-refractivity contribution < 1.29 is 9.21 Å². The number of para-hydroxylation sites is 1. The molecule has 0 bridgehead atoms. The molecule has 33 heavy (non-hydrogen) atoms. The van der Waals surface area contributed by atoms with Gasteiger partial charge in [0, 0.05) is 17.0 Å². The molecule has 0 spiro atoms. The van der Waals surface area contributed by atoms with Gasteiger partial charge in [-0.3, -0.25) is 9.89 Å². The lowest BCUT2D eigenvalue weighted by atomic mass is 10.1. The van der Waals surface area contributed by atoms with E-state index in [1.54, 1.807) is 16.8 Å². The van der Waals surface area contributed by atoms with Crippen molar-refractivity contribution in [2.24, 2.45) is 0 Å². The number of carbonyl (C=O) groups is 1. The highest BCUT2D eigenvalue weighted by atomic mass is 16.3. The molecule has 3 aromatic heterocycles. The Kier molecular flexibility index (Phi) is 4.47. The summed E-state index contributed by atoms with van der Waals surface area (Å²) in [4.78, 5) is 13.3. The average Bonchev–Trinajstić information content (AvgIpc) is 3.62. The molecule has 0 amide bonds. The first kappa shape index (κ1) is 19.0. The van der Waals surface area contributed by atoms with E-state index in [0.717, 1.165) is 27.9 Å². The van der Waals surface area contributed by atoms with Crippen molar-refractivity contribution in [3.05, 3.63) is 115 Å². The maximum Gasteiger partial charge on any atom is 0.248 e. The molecule has 6 nitrogen and oxygen atoms in total. The number of aromatic amines is 1. The second kappa shape index (κ2) is 7.76. The summed E-state index contributed by atoms with van der Waals surface area (Å²) in [6.07, 6.45) is 0. The molecule has 3 aromatic carbocycles. The zero-order chi connectivity index (χ0) is 22.2. The number of rotatable bonds is 5. The van der Waals surface area contributed by atoms with Crippen LogP contribution in [0.4, 0.5) is 0 Å². The van der Waals surface area contributed by atoms with Crippen molar-refractivity contribution in [1.82, 2.24) is 20.0 Å². The van der Waals surface area contributed by atoms with Crippen LogP contribution in [-0.4, -0.2) is 25.8 Å². The zero-order valence-corrected chi connectivity index (χ0v) is 17.5. The quantitative estimate of drug-likeness (QED) is 0.345. The van der Waals surface area contributed by atoms with Gasteiger partial charge in [-0.1, -0.05) is 78.9 Å². The van der Waals surface area contributed by atoms with E-state index in [1.807, 2.05) is 91.0 Å². The summed E-state index contributed by atoms with van der Waals surface area (Å²) in [5.41, 5.74) is 4.54. The topological polar surface area (TPSA) is 76.7 Å². The van der Waals surface area contributed by atoms with Crippen LogP contribution in [0.2, 0.25) is 0 Å². The van der Waals surface area contributed by atoms with Crippen LogP contribution in [0, 0.1) is 0 Å². The first-order valence-corrected chi connectivity index (χ1v) is 10.6. The van der Waals surface area contributed by atoms with Crippen molar-refractivity contribution in [2.75, 3.05) is 0 Å². The number of benzene rings is 3. The minimum absolute atomic E-state index is 0.257. The first-order chi connectivity index (χ1) is 16.3. The van der Waals surface area contributed by atoms with Gasteiger partial charge in [-0.2, -0.15) is 10.2 Å². The third kappa shape index (κ3) is 3.43. The molecule has 0 aliphatic carbocycles. The number of nitrogens with zero attached hydrogens (tertiary/aromatic N) is 3. The van der Waals surface area contributed by atoms with Gasteiger partial charge in [0.1, 0.15) is 11.3 Å². The number of ketones is 1. The molecule has 0 atom stereocenters. The number of carbonyl (C=O) groups excluding carboxylic acids is 1. The third-order valence-electron chi connectivity index (χ3n) is 5.53. The maximum absolute atomic E-state index is 13.3. The zero-order valence-electron chi connectivity index (χ0n) is 17.5. The fraction of sp³-hybridized carbons (Fsp3) is 0. The van der Waals surface area contributed by atoms with Crippen LogP contribution in [0.3, 0.4) is 0 Å². The molecule has 1 N–H and O–H groups in total. The fourth-order valence-electron chi connectivity index (χ4n) is 3.89. The van der Waals surface area contributed by atoms with E-state index in [-0.39, 0.29) is 17.2 Å². The monoisotopic (exact) mass is 430 g/mol. The molecular weight excluding hydrogens is 412 g/mol. The van der Waals surface area contributed by atoms with E-state index < -0.39 is 0 Å². The second-order valence-corrected chi connectivity index (χ2v) is 7.68. The van der Waals surface area contributed by atoms with E-state index in [2.05, 4.69) is 15.3 Å². The van der Waals surface area contributed by atoms with Gasteiger partial charge in [-0.15, -0.1) is 0 Å². The van der Waals surface area contributed by atoms with E-state index in [0.29, 0.717) is 11.4 Å². The predicted octanol–water partition coefficient (Wildman–Crippen LogP) is 5.91. The first-order valence-electron chi connectivity index (χ1n) is 10.6. The number of fused-ring (bicyclic) bond motifs is 1. The Bertz CT molecular complexity index is 1540. The van der Waals surface area contributed by atoms with E-state index in [4.69, 9.17) is 4.42 Å². The molecular formula is C27H18N4O2. The Morgan fingerprint density at radius 1 is 0.788 bits per heavy atom. The number of furan rings is 1. The van der Waals surface area contributed by atoms with Crippen molar-refractivity contribution in [3.8, 4) is 28.3 Å². The molecule has 0 aliphatic heterocycles. The highest BCUT2D eigenvalue weighted by Gasteiger charge is 2.22. The molecule has 0 unspecified atom stereocenters. The molecule has 0 saturated carbocycles. The minimum atomic E-state index is -0.277. The summed E-state index contributed by atoms with van der Waals surface area (Å²) >= 11 is 0. The lowest BCUT2D eigenvalue weighted by Crippen LogP contribution is -2.04. The number of hydrogen-bond acceptors (Lipinski definition) is 4. The Hall–Kier alpha value is -4.71. The van der Waals surface area contributed by atoms with Crippen LogP contribution in [0.1, 0.15) is 16.2 Å². The molecule has 0 saturated heterocycles. The van der Waals surface area contributed by atoms with Crippen molar-refractivity contribution in [3.63, 3.8) is 0 Å². The Morgan fingerprint density at radius 3 is 2.24 bits per heavy atom. The Labute approximate surface area is 189 Å². The van der Waals surface area contributed by atoms with Crippen LogP contribution in [0.5, 0.6) is 0 Å². The molecule has 6 heteroatoms. The third-order valence-corrected chi connectivity index (χ3v) is 5.53. The van der Waals surface area contributed by atoms with E-state index >= 15 is 0 Å². The second-order valence-electron chi connectivity index (χ2n) is 7.68. The van der Waals surface area contributed by atoms with Gasteiger partial charge < -0.3 is 4.42 Å². The number of nitrogens with one attached hydrogen (secondary N) is 1. The molecule has 158 valence electrons. The highest BCUT2D eigenvalue weighted by Crippen LogP contribution is 2.27.